The van der Waals surface area contributed by atoms with Gasteiger partial charge in [0.1, 0.15) is 4.83 Å². The van der Waals surface area contributed by atoms with Crippen molar-refractivity contribution in [1.82, 2.24) is 24.6 Å². The van der Waals surface area contributed by atoms with Crippen LogP contribution in [0.25, 0.3) is 21.0 Å². The molecule has 0 bridgehead atoms. The van der Waals surface area contributed by atoms with Gasteiger partial charge in [-0.15, -0.1) is 11.3 Å². The number of fused-ring (bicyclic) bond motifs is 4. The Bertz CT molecular complexity index is 1630. The van der Waals surface area contributed by atoms with Gasteiger partial charge in [-0.25, -0.2) is 4.98 Å². The molecule has 0 saturated heterocycles. The Morgan fingerprint density at radius 3 is 2.77 bits per heavy atom. The van der Waals surface area contributed by atoms with Crippen molar-refractivity contribution in [1.29, 1.82) is 0 Å². The van der Waals surface area contributed by atoms with E-state index in [-0.39, 0.29) is 5.56 Å². The van der Waals surface area contributed by atoms with Gasteiger partial charge in [0.2, 0.25) is 0 Å². The molecule has 1 atom stereocenters. The fourth-order valence-electron chi connectivity index (χ4n) is 5.34. The van der Waals surface area contributed by atoms with Crippen LogP contribution in [-0.2, 0) is 33.0 Å². The zero-order chi connectivity index (χ0) is 24.1. The average Bonchev–Trinajstić information content (AvgIpc) is 3.35. The molecule has 0 aliphatic heterocycles. The van der Waals surface area contributed by atoms with E-state index in [9.17, 15) is 4.79 Å². The van der Waals surface area contributed by atoms with Crippen molar-refractivity contribution in [3.63, 3.8) is 0 Å². The topological polar surface area (TPSA) is 64.7 Å². The summed E-state index contributed by atoms with van der Waals surface area (Å²) in [5, 5.41) is 11.5. The second-order valence-corrected chi connectivity index (χ2v) is 10.7. The molecule has 2 aromatic carbocycles. The quantitative estimate of drug-likeness (QED) is 0.395. The van der Waals surface area contributed by atoms with E-state index in [1.165, 1.54) is 32.5 Å². The highest BCUT2D eigenvalue weighted by atomic mass is 32.1. The summed E-state index contributed by atoms with van der Waals surface area (Å²) < 4.78 is 3.71. The number of nitrogens with zero attached hydrogens (tertiary/aromatic N) is 4. The van der Waals surface area contributed by atoms with E-state index in [4.69, 9.17) is 4.98 Å². The van der Waals surface area contributed by atoms with Crippen molar-refractivity contribution in [2.75, 3.05) is 0 Å². The molecule has 1 aliphatic carbocycles. The molecule has 6 nitrogen and oxygen atoms in total. The minimum atomic E-state index is 0.0775. The first-order valence-electron chi connectivity index (χ1n) is 12.2. The number of nitrogens with one attached hydrogen (secondary N) is 1. The first-order chi connectivity index (χ1) is 17.0. The molecule has 35 heavy (non-hydrogen) atoms. The van der Waals surface area contributed by atoms with Crippen molar-refractivity contribution in [2.24, 2.45) is 7.05 Å². The molecule has 3 aromatic heterocycles. The van der Waals surface area contributed by atoms with Gasteiger partial charge in [-0.1, -0.05) is 36.4 Å². The van der Waals surface area contributed by atoms with E-state index >= 15 is 0 Å². The summed E-state index contributed by atoms with van der Waals surface area (Å²) >= 11 is 1.69. The molecule has 0 fully saturated rings. The molecule has 7 heteroatoms. The summed E-state index contributed by atoms with van der Waals surface area (Å²) in [6.45, 7) is 5.55. The molecular formula is C28H29N5OS. The largest absolute Gasteiger partial charge is 0.309 e. The van der Waals surface area contributed by atoms with Crippen LogP contribution in [0.5, 0.6) is 0 Å². The SMILES string of the molecule is Cc1nn(C)c(C)c1CNC1CCc2c(sc3ncn(Cc4ccc5ccccc5c4)c(=O)c23)C1. The Morgan fingerprint density at radius 1 is 1.14 bits per heavy atom. The molecule has 0 radical (unpaired) electrons. The number of aryl methyl sites for hydroxylation is 3. The van der Waals surface area contributed by atoms with Gasteiger partial charge >= 0.3 is 0 Å². The Labute approximate surface area is 208 Å². The van der Waals surface area contributed by atoms with Crippen molar-refractivity contribution in [2.45, 2.75) is 52.2 Å². The molecular weight excluding hydrogens is 454 g/mol. The van der Waals surface area contributed by atoms with Gasteiger partial charge in [0.05, 0.1) is 24.0 Å². The molecule has 0 spiro atoms. The van der Waals surface area contributed by atoms with Gasteiger partial charge < -0.3 is 5.32 Å². The first kappa shape index (κ1) is 22.2. The van der Waals surface area contributed by atoms with Gasteiger partial charge in [-0.05, 0) is 61.1 Å². The second-order valence-electron chi connectivity index (χ2n) is 9.64. The summed E-state index contributed by atoms with van der Waals surface area (Å²) in [6.07, 6.45) is 4.59. The molecule has 178 valence electrons. The first-order valence-corrected chi connectivity index (χ1v) is 13.0. The number of aromatic nitrogens is 4. The van der Waals surface area contributed by atoms with Crippen LogP contribution < -0.4 is 10.9 Å². The fourth-order valence-corrected chi connectivity index (χ4v) is 6.60. The summed E-state index contributed by atoms with van der Waals surface area (Å²) in [6, 6.07) is 15.1. The zero-order valence-electron chi connectivity index (χ0n) is 20.3. The van der Waals surface area contributed by atoms with Crippen LogP contribution in [0.3, 0.4) is 0 Å². The third-order valence-corrected chi connectivity index (χ3v) is 8.59. The Hall–Kier alpha value is -3.29. The van der Waals surface area contributed by atoms with Crippen LogP contribution in [0, 0.1) is 13.8 Å². The number of benzene rings is 2. The van der Waals surface area contributed by atoms with E-state index < -0.39 is 0 Å². The van der Waals surface area contributed by atoms with Crippen LogP contribution >= 0.6 is 11.3 Å². The second kappa shape index (κ2) is 8.73. The molecule has 1 N–H and O–H groups in total. The van der Waals surface area contributed by atoms with Gasteiger partial charge in [0.25, 0.3) is 5.56 Å². The van der Waals surface area contributed by atoms with Gasteiger partial charge in [-0.3, -0.25) is 14.0 Å². The fraction of sp³-hybridized carbons (Fsp3) is 0.321. The van der Waals surface area contributed by atoms with Crippen LogP contribution in [0.4, 0.5) is 0 Å². The summed E-state index contributed by atoms with van der Waals surface area (Å²) in [5.74, 6) is 0. The van der Waals surface area contributed by atoms with E-state index in [1.807, 2.05) is 23.9 Å². The van der Waals surface area contributed by atoms with Crippen LogP contribution in [0.2, 0.25) is 0 Å². The van der Waals surface area contributed by atoms with Crippen LogP contribution in [0.15, 0.2) is 53.6 Å². The maximum Gasteiger partial charge on any atom is 0.262 e. The molecule has 0 saturated carbocycles. The van der Waals surface area contributed by atoms with Crippen LogP contribution in [-0.4, -0.2) is 25.4 Å². The van der Waals surface area contributed by atoms with Gasteiger partial charge in [-0.2, -0.15) is 5.10 Å². The van der Waals surface area contributed by atoms with Crippen LogP contribution in [0.1, 0.15) is 39.4 Å². The Morgan fingerprint density at radius 2 is 1.97 bits per heavy atom. The highest BCUT2D eigenvalue weighted by Crippen LogP contribution is 2.34. The number of thiophene rings is 1. The maximum atomic E-state index is 13.5. The third kappa shape index (κ3) is 3.98. The Balaban J connectivity index is 1.24. The normalized spacial score (nSPS) is 15.7. The molecule has 3 heterocycles. The number of hydrogen-bond donors (Lipinski definition) is 1. The highest BCUT2D eigenvalue weighted by molar-refractivity contribution is 7.18. The molecule has 6 rings (SSSR count). The number of rotatable bonds is 5. The predicted molar refractivity (Wildman–Crippen MR) is 142 cm³/mol. The number of hydrogen-bond acceptors (Lipinski definition) is 5. The summed E-state index contributed by atoms with van der Waals surface area (Å²) in [7, 11) is 2.00. The molecule has 1 unspecified atom stereocenters. The predicted octanol–water partition coefficient (Wildman–Crippen LogP) is 4.66. The minimum Gasteiger partial charge on any atom is -0.309 e. The van der Waals surface area contributed by atoms with E-state index in [0.717, 1.165) is 47.3 Å². The standard InChI is InChI=1S/C28H29N5OS/c1-17-24(18(2)32(3)31-17)14-29-22-10-11-23-25(13-22)35-27-26(23)28(34)33(16-30-27)15-19-8-9-20-6-4-5-7-21(20)12-19/h4-9,12,16,22,29H,10-11,13-15H2,1-3H3. The van der Waals surface area contributed by atoms with Crippen molar-refractivity contribution in [3.05, 3.63) is 92.1 Å². The average molecular weight is 484 g/mol. The lowest BCUT2D eigenvalue weighted by molar-refractivity contribution is 0.461. The summed E-state index contributed by atoms with van der Waals surface area (Å²) in [5.41, 5.74) is 5.99. The lowest BCUT2D eigenvalue weighted by Gasteiger charge is -2.23. The molecule has 5 aromatic rings. The lowest BCUT2D eigenvalue weighted by Crippen LogP contribution is -2.34. The van der Waals surface area contributed by atoms with Gasteiger partial charge in [0.15, 0.2) is 0 Å². The van der Waals surface area contributed by atoms with Crippen molar-refractivity contribution in [3.8, 4) is 0 Å². The minimum absolute atomic E-state index is 0.0775. The monoisotopic (exact) mass is 483 g/mol. The Kier molecular flexibility index (Phi) is 5.54. The van der Waals surface area contributed by atoms with E-state index in [2.05, 4.69) is 54.6 Å². The van der Waals surface area contributed by atoms with E-state index in [0.29, 0.717) is 12.6 Å². The summed E-state index contributed by atoms with van der Waals surface area (Å²) in [4.78, 5) is 20.4. The maximum absolute atomic E-state index is 13.5. The van der Waals surface area contributed by atoms with Crippen molar-refractivity contribution >= 4 is 32.3 Å². The highest BCUT2D eigenvalue weighted by Gasteiger charge is 2.25. The molecule has 0 amide bonds. The zero-order valence-corrected chi connectivity index (χ0v) is 21.2. The molecule has 1 aliphatic rings. The smallest absolute Gasteiger partial charge is 0.262 e. The van der Waals surface area contributed by atoms with E-state index in [1.54, 1.807) is 22.2 Å². The van der Waals surface area contributed by atoms with Crippen molar-refractivity contribution < 1.29 is 0 Å². The lowest BCUT2D eigenvalue weighted by atomic mass is 9.93. The third-order valence-electron chi connectivity index (χ3n) is 7.43. The van der Waals surface area contributed by atoms with Gasteiger partial charge in [0, 0.05) is 35.8 Å².